The van der Waals surface area contributed by atoms with Crippen LogP contribution in [0.2, 0.25) is 0 Å². The molecule has 0 aromatic carbocycles. The van der Waals surface area contributed by atoms with Crippen LogP contribution < -0.4 is 10.2 Å². The van der Waals surface area contributed by atoms with Crippen molar-refractivity contribution >= 4 is 19.7 Å². The van der Waals surface area contributed by atoms with E-state index in [1.807, 2.05) is 33.3 Å². The Hall–Kier alpha value is -3.07. The van der Waals surface area contributed by atoms with Gasteiger partial charge in [-0.05, 0) is 115 Å². The van der Waals surface area contributed by atoms with Gasteiger partial charge in [-0.15, -0.1) is 0 Å². The van der Waals surface area contributed by atoms with Crippen LogP contribution in [0.25, 0.3) is 0 Å². The maximum Gasteiger partial charge on any atom is 0.306 e. The number of amides is 1. The summed E-state index contributed by atoms with van der Waals surface area (Å²) < 4.78 is 30.4. The van der Waals surface area contributed by atoms with Gasteiger partial charge < -0.3 is 28.5 Å². The Morgan fingerprint density at radius 2 is 0.753 bits per heavy atom. The Kier molecular flexibility index (Phi) is 57.8. The van der Waals surface area contributed by atoms with Gasteiger partial charge in [-0.2, -0.15) is 0 Å². The third-order valence-electron chi connectivity index (χ3n) is 14.5. The number of esters is 1. The quantitative estimate of drug-likeness (QED) is 0.0212. The van der Waals surface area contributed by atoms with Crippen LogP contribution in [0.15, 0.2) is 97.2 Å². The van der Waals surface area contributed by atoms with Gasteiger partial charge in [-0.25, -0.2) is 0 Å². The standard InChI is InChI=1S/C71H127N2O7P/c1-7-10-13-16-19-22-25-28-30-32-34-35-36-37-39-41-43-46-49-52-55-58-61-64-71(75)80-69(62-59-56-53-50-47-44-27-24-21-18-15-12-9-3)68(67-79-81(76,77)78-66-65-73(4,5)6)72-70(74)63-60-57-54-51-48-45-42-40-38-33-31-29-26-23-20-17-14-11-8-2/h19-20,22-23,28-31,34-35,38,40,45,48,59,62,68-69H,7-18,21,24-27,32-33,36-37,39,41-44,46-47,49-58,60-61,63-67H2,1-6H3,(H-,72,74,76,77)/b22-19-,23-20-,30-28-,31-29-,35-34-,40-38-,48-45-,62-59+. The largest absolute Gasteiger partial charge is 0.756 e. The number of rotatable bonds is 60. The number of nitrogens with one attached hydrogen (secondary N) is 1. The normalized spacial score (nSPS) is 14.2. The molecule has 0 heterocycles. The predicted molar refractivity (Wildman–Crippen MR) is 348 cm³/mol. The molecule has 0 saturated carbocycles. The molecule has 0 spiro atoms. The number of nitrogens with zero attached hydrogens (tertiary/aromatic N) is 1. The van der Waals surface area contributed by atoms with Gasteiger partial charge in [-0.3, -0.25) is 14.2 Å². The molecular formula is C71H127N2O7P. The smallest absolute Gasteiger partial charge is 0.306 e. The molecule has 0 saturated heterocycles. The first kappa shape index (κ1) is 77.9. The van der Waals surface area contributed by atoms with Crippen LogP contribution in [0.4, 0.5) is 0 Å². The summed E-state index contributed by atoms with van der Waals surface area (Å²) in [4.78, 5) is 40.1. The highest BCUT2D eigenvalue weighted by Gasteiger charge is 2.27. The van der Waals surface area contributed by atoms with Crippen molar-refractivity contribution in [1.82, 2.24) is 5.32 Å². The fourth-order valence-electron chi connectivity index (χ4n) is 9.28. The Bertz CT molecular complexity index is 1710. The Labute approximate surface area is 500 Å². The van der Waals surface area contributed by atoms with Crippen molar-refractivity contribution in [3.8, 4) is 0 Å². The lowest BCUT2D eigenvalue weighted by atomic mass is 10.0. The monoisotopic (exact) mass is 1150 g/mol. The summed E-state index contributed by atoms with van der Waals surface area (Å²) in [6.45, 7) is 6.77. The molecule has 0 rings (SSSR count). The molecule has 3 atom stereocenters. The molecule has 0 aliphatic carbocycles. The van der Waals surface area contributed by atoms with Gasteiger partial charge in [0, 0.05) is 12.8 Å². The first-order valence-electron chi connectivity index (χ1n) is 33.5. The molecule has 0 fully saturated rings. The average molecular weight is 1150 g/mol. The van der Waals surface area contributed by atoms with E-state index in [9.17, 15) is 19.0 Å². The summed E-state index contributed by atoms with van der Waals surface area (Å²) in [5.74, 6) is -0.580. The molecule has 9 nitrogen and oxygen atoms in total. The second-order valence-corrected chi connectivity index (χ2v) is 25.0. The van der Waals surface area contributed by atoms with E-state index in [2.05, 4.69) is 111 Å². The average Bonchev–Trinajstić information content (AvgIpc) is 3.44. The van der Waals surface area contributed by atoms with Gasteiger partial charge in [0.05, 0.1) is 33.8 Å². The number of phosphoric ester groups is 1. The van der Waals surface area contributed by atoms with Crippen LogP contribution in [0.5, 0.6) is 0 Å². The molecule has 0 radical (unpaired) electrons. The van der Waals surface area contributed by atoms with Crippen molar-refractivity contribution in [2.75, 3.05) is 40.9 Å². The zero-order valence-electron chi connectivity index (χ0n) is 53.5. The number of phosphoric acid groups is 1. The molecule has 468 valence electrons. The van der Waals surface area contributed by atoms with Crippen molar-refractivity contribution in [2.45, 2.75) is 303 Å². The summed E-state index contributed by atoms with van der Waals surface area (Å²) in [6.07, 6.45) is 80.9. The number of likely N-dealkylation sites (N-methyl/N-ethyl adjacent to an activating group) is 1. The minimum absolute atomic E-state index is 0.0333. The highest BCUT2D eigenvalue weighted by molar-refractivity contribution is 7.45. The third-order valence-corrected chi connectivity index (χ3v) is 15.5. The second kappa shape index (κ2) is 60.1. The van der Waals surface area contributed by atoms with E-state index in [-0.39, 0.29) is 31.3 Å². The summed E-state index contributed by atoms with van der Waals surface area (Å²) in [7, 11) is 1.15. The maximum absolute atomic E-state index is 13.6. The lowest BCUT2D eigenvalue weighted by Gasteiger charge is -2.30. The summed E-state index contributed by atoms with van der Waals surface area (Å²) in [5.41, 5.74) is 0. The van der Waals surface area contributed by atoms with E-state index < -0.39 is 26.6 Å². The van der Waals surface area contributed by atoms with Crippen molar-refractivity contribution < 1.29 is 37.3 Å². The van der Waals surface area contributed by atoms with E-state index in [1.165, 1.54) is 148 Å². The first-order chi connectivity index (χ1) is 39.4. The summed E-state index contributed by atoms with van der Waals surface area (Å²) in [6, 6.07) is -0.913. The predicted octanol–water partition coefficient (Wildman–Crippen LogP) is 20.5. The molecule has 0 aromatic heterocycles. The van der Waals surface area contributed by atoms with Gasteiger partial charge in [0.25, 0.3) is 7.82 Å². The molecule has 1 N–H and O–H groups in total. The second-order valence-electron chi connectivity index (χ2n) is 23.6. The number of hydrogen-bond acceptors (Lipinski definition) is 7. The molecule has 1 amide bonds. The van der Waals surface area contributed by atoms with Crippen molar-refractivity contribution in [3.05, 3.63) is 97.2 Å². The highest BCUT2D eigenvalue weighted by atomic mass is 31.2. The summed E-state index contributed by atoms with van der Waals surface area (Å²) >= 11 is 0. The SMILES string of the molecule is CCCCC/C=C\C/C=C\C/C=C\C/C=C\CCCCCC(=O)NC(COP(=O)([O-])OCC[N+](C)(C)C)C(/C=C/CCCCCCCCCCCCC)OC(=O)CCCCCCCCCCCC/C=C\C/C=C\C/C=C\CCCCC. The number of carbonyl (C=O) groups excluding carboxylic acids is 2. The lowest BCUT2D eigenvalue weighted by Crippen LogP contribution is -2.47. The zero-order valence-corrected chi connectivity index (χ0v) is 54.4. The molecular weight excluding hydrogens is 1020 g/mol. The van der Waals surface area contributed by atoms with Gasteiger partial charge in [-0.1, -0.05) is 260 Å². The van der Waals surface area contributed by atoms with E-state index >= 15 is 0 Å². The molecule has 0 aromatic rings. The van der Waals surface area contributed by atoms with E-state index in [4.69, 9.17) is 13.8 Å². The van der Waals surface area contributed by atoms with Crippen LogP contribution in [0.3, 0.4) is 0 Å². The van der Waals surface area contributed by atoms with Crippen LogP contribution >= 0.6 is 7.82 Å². The van der Waals surface area contributed by atoms with Crippen LogP contribution in [0.1, 0.15) is 290 Å². The minimum Gasteiger partial charge on any atom is -0.756 e. The summed E-state index contributed by atoms with van der Waals surface area (Å²) in [5, 5.41) is 3.02. The van der Waals surface area contributed by atoms with E-state index in [0.29, 0.717) is 17.4 Å². The van der Waals surface area contributed by atoms with Crippen molar-refractivity contribution in [2.24, 2.45) is 0 Å². The van der Waals surface area contributed by atoms with E-state index in [1.54, 1.807) is 0 Å². The third kappa shape index (κ3) is 61.3. The number of unbranched alkanes of at least 4 members (excludes halogenated alkanes) is 30. The fraction of sp³-hybridized carbons (Fsp3) is 0.746. The molecule has 10 heteroatoms. The number of allylic oxidation sites excluding steroid dienone is 15. The fourth-order valence-corrected chi connectivity index (χ4v) is 10.0. The van der Waals surface area contributed by atoms with Gasteiger partial charge in [0.2, 0.25) is 5.91 Å². The van der Waals surface area contributed by atoms with Gasteiger partial charge in [0.15, 0.2) is 0 Å². The molecule has 0 aliphatic heterocycles. The van der Waals surface area contributed by atoms with Gasteiger partial charge >= 0.3 is 5.97 Å². The maximum atomic E-state index is 13.6. The first-order valence-corrected chi connectivity index (χ1v) is 35.0. The van der Waals surface area contributed by atoms with Crippen LogP contribution in [-0.4, -0.2) is 69.4 Å². The highest BCUT2D eigenvalue weighted by Crippen LogP contribution is 2.38. The van der Waals surface area contributed by atoms with Crippen molar-refractivity contribution in [3.63, 3.8) is 0 Å². The number of hydrogen-bond donors (Lipinski definition) is 1. The Balaban J connectivity index is 5.26. The Morgan fingerprint density at radius 3 is 1.16 bits per heavy atom. The van der Waals surface area contributed by atoms with Crippen molar-refractivity contribution in [1.29, 1.82) is 0 Å². The molecule has 0 bridgehead atoms. The topological polar surface area (TPSA) is 114 Å². The number of carbonyl (C=O) groups is 2. The number of ether oxygens (including phenoxy) is 1. The zero-order chi connectivity index (χ0) is 59.3. The Morgan fingerprint density at radius 1 is 0.432 bits per heavy atom. The molecule has 3 unspecified atom stereocenters. The number of quaternary nitrogens is 1. The minimum atomic E-state index is -4.72. The molecule has 0 aliphatic rings. The van der Waals surface area contributed by atoms with Gasteiger partial charge in [0.1, 0.15) is 19.3 Å². The lowest BCUT2D eigenvalue weighted by molar-refractivity contribution is -0.870. The van der Waals surface area contributed by atoms with Crippen LogP contribution in [0, 0.1) is 0 Å². The van der Waals surface area contributed by atoms with Crippen LogP contribution in [-0.2, 0) is 27.9 Å². The molecule has 81 heavy (non-hydrogen) atoms. The van der Waals surface area contributed by atoms with E-state index in [0.717, 1.165) is 103 Å².